The highest BCUT2D eigenvalue weighted by molar-refractivity contribution is 5.66. The van der Waals surface area contributed by atoms with E-state index in [9.17, 15) is 10.1 Å². The van der Waals surface area contributed by atoms with Gasteiger partial charge in [0, 0.05) is 23.0 Å². The quantitative estimate of drug-likeness (QED) is 0.481. The summed E-state index contributed by atoms with van der Waals surface area (Å²) in [5.74, 6) is 1.46. The first kappa shape index (κ1) is 12.0. The molecule has 4 aliphatic rings. The number of hydrogen-bond donors (Lipinski definition) is 0. The van der Waals surface area contributed by atoms with E-state index in [2.05, 4.69) is 0 Å². The average molecular weight is 277 g/mol. The van der Waals surface area contributed by atoms with Crippen molar-refractivity contribution in [2.75, 3.05) is 14.2 Å². The highest BCUT2D eigenvalue weighted by Gasteiger charge is 2.60. The number of methoxy groups -OCH3 is 2. The Bertz CT molecular complexity index is 614. The van der Waals surface area contributed by atoms with Crippen molar-refractivity contribution in [3.05, 3.63) is 27.3 Å². The van der Waals surface area contributed by atoms with Gasteiger partial charge in [-0.1, -0.05) is 0 Å². The number of fused-ring (bicyclic) bond motifs is 1. The number of benzene rings is 1. The fourth-order valence-corrected chi connectivity index (χ4v) is 4.02. The predicted molar refractivity (Wildman–Crippen MR) is 69.6 cm³/mol. The van der Waals surface area contributed by atoms with Crippen LogP contribution in [0, 0.1) is 10.1 Å². The summed E-state index contributed by atoms with van der Waals surface area (Å²) in [7, 11) is 3.04. The van der Waals surface area contributed by atoms with Crippen molar-refractivity contribution in [3.63, 3.8) is 0 Å². The molecule has 0 aromatic heterocycles. The second-order valence-corrected chi connectivity index (χ2v) is 5.57. The van der Waals surface area contributed by atoms with Gasteiger partial charge < -0.3 is 14.2 Å². The lowest BCUT2D eigenvalue weighted by molar-refractivity contribution is -0.385. The van der Waals surface area contributed by atoms with Crippen molar-refractivity contribution in [2.45, 2.75) is 36.9 Å². The van der Waals surface area contributed by atoms with Crippen LogP contribution in [0.1, 0.15) is 35.8 Å². The zero-order valence-electron chi connectivity index (χ0n) is 11.3. The first-order chi connectivity index (χ1) is 9.67. The van der Waals surface area contributed by atoms with Crippen LogP contribution in [0.5, 0.6) is 11.5 Å². The second kappa shape index (κ2) is 3.85. The molecule has 0 radical (unpaired) electrons. The molecule has 106 valence electrons. The molecule has 0 unspecified atom stereocenters. The van der Waals surface area contributed by atoms with Gasteiger partial charge in [0.15, 0.2) is 0 Å². The van der Waals surface area contributed by atoms with Gasteiger partial charge in [-0.25, -0.2) is 0 Å². The van der Waals surface area contributed by atoms with Crippen molar-refractivity contribution >= 4 is 5.69 Å². The van der Waals surface area contributed by atoms with Gasteiger partial charge in [0.25, 0.3) is 0 Å². The summed E-state index contributed by atoms with van der Waals surface area (Å²) in [6, 6.07) is 1.48. The highest BCUT2D eigenvalue weighted by atomic mass is 16.6. The zero-order valence-corrected chi connectivity index (χ0v) is 11.3. The van der Waals surface area contributed by atoms with Crippen molar-refractivity contribution in [1.82, 2.24) is 0 Å². The molecule has 2 bridgehead atoms. The maximum absolute atomic E-state index is 11.3. The monoisotopic (exact) mass is 277 g/mol. The van der Waals surface area contributed by atoms with Crippen LogP contribution in [0.2, 0.25) is 0 Å². The molecule has 1 aliphatic heterocycles. The second-order valence-electron chi connectivity index (χ2n) is 5.57. The van der Waals surface area contributed by atoms with Crippen LogP contribution in [0.15, 0.2) is 6.07 Å². The number of rotatable bonds is 3. The van der Waals surface area contributed by atoms with Crippen LogP contribution in [0.4, 0.5) is 5.69 Å². The first-order valence-corrected chi connectivity index (χ1v) is 6.76. The van der Waals surface area contributed by atoms with Gasteiger partial charge >= 0.3 is 5.69 Å². The van der Waals surface area contributed by atoms with E-state index in [0.29, 0.717) is 11.5 Å². The van der Waals surface area contributed by atoms with Crippen LogP contribution in [-0.2, 0) is 4.74 Å². The molecular formula is C14H15NO5. The van der Waals surface area contributed by atoms with E-state index < -0.39 is 4.92 Å². The topological polar surface area (TPSA) is 74.1 Å². The first-order valence-electron chi connectivity index (χ1n) is 6.76. The van der Waals surface area contributed by atoms with Gasteiger partial charge in [0.2, 0.25) is 5.75 Å². The summed E-state index contributed by atoms with van der Waals surface area (Å²) in [4.78, 5) is 10.9. The van der Waals surface area contributed by atoms with E-state index in [0.717, 1.165) is 24.0 Å². The van der Waals surface area contributed by atoms with Crippen LogP contribution >= 0.6 is 0 Å². The molecule has 6 heteroatoms. The summed E-state index contributed by atoms with van der Waals surface area (Å²) in [5.41, 5.74) is 1.98. The van der Waals surface area contributed by atoms with Gasteiger partial charge in [-0.05, 0) is 12.8 Å². The van der Waals surface area contributed by atoms with Crippen molar-refractivity contribution < 1.29 is 19.1 Å². The standard InChI is InChI=1S/C14H15NO5/c1-18-9-5-8(15(16)17)14(19-2)11-7-4-3-6(10(9)11)12-13(7)20-12/h5-7,12-13H,3-4H2,1-2H3/t6-,7+,12-,13+/m1/s1. The smallest absolute Gasteiger partial charge is 0.314 e. The van der Waals surface area contributed by atoms with Gasteiger partial charge in [-0.3, -0.25) is 10.1 Å². The van der Waals surface area contributed by atoms with Crippen LogP contribution in [-0.4, -0.2) is 31.4 Å². The predicted octanol–water partition coefficient (Wildman–Crippen LogP) is 2.35. The summed E-state index contributed by atoms with van der Waals surface area (Å²) < 4.78 is 16.5. The summed E-state index contributed by atoms with van der Waals surface area (Å²) in [6.07, 6.45) is 2.53. The van der Waals surface area contributed by atoms with Gasteiger partial charge in [-0.2, -0.15) is 0 Å². The van der Waals surface area contributed by atoms with E-state index >= 15 is 0 Å². The molecule has 1 aromatic rings. The Balaban J connectivity index is 2.01. The third-order valence-electron chi connectivity index (χ3n) is 4.81. The average Bonchev–Trinajstić information content (AvgIpc) is 3.26. The Hall–Kier alpha value is -1.82. The van der Waals surface area contributed by atoms with E-state index in [1.807, 2.05) is 0 Å². The maximum atomic E-state index is 11.3. The minimum Gasteiger partial charge on any atom is -0.496 e. The molecule has 1 saturated carbocycles. The number of nitro benzene ring substituents is 1. The molecule has 1 saturated heterocycles. The molecule has 1 heterocycles. The SMILES string of the molecule is COc1cc([N+](=O)[O-])c(OC)c2c1[C@H]1CC[C@@H]2[C@@H]2O[C@@H]21. The molecule has 0 amide bonds. The van der Waals surface area contributed by atoms with Gasteiger partial charge in [-0.15, -0.1) is 0 Å². The molecule has 1 aromatic carbocycles. The summed E-state index contributed by atoms with van der Waals surface area (Å²) in [5, 5.41) is 11.3. The van der Waals surface area contributed by atoms with Crippen LogP contribution in [0.25, 0.3) is 0 Å². The Kier molecular flexibility index (Phi) is 2.30. The molecule has 3 aliphatic carbocycles. The van der Waals surface area contributed by atoms with Crippen LogP contribution in [0.3, 0.4) is 0 Å². The number of ether oxygens (including phenoxy) is 3. The summed E-state index contributed by atoms with van der Waals surface area (Å²) >= 11 is 0. The van der Waals surface area contributed by atoms with E-state index in [-0.39, 0.29) is 29.7 Å². The minimum atomic E-state index is -0.408. The molecule has 0 spiro atoms. The van der Waals surface area contributed by atoms with Crippen LogP contribution < -0.4 is 9.47 Å². The lowest BCUT2D eigenvalue weighted by Crippen LogP contribution is -2.30. The zero-order chi connectivity index (χ0) is 14.0. The van der Waals surface area contributed by atoms with Gasteiger partial charge in [0.1, 0.15) is 5.75 Å². The number of nitrogens with zero attached hydrogens (tertiary/aromatic N) is 1. The van der Waals surface area contributed by atoms with E-state index in [1.54, 1.807) is 7.11 Å². The van der Waals surface area contributed by atoms with Crippen molar-refractivity contribution in [1.29, 1.82) is 0 Å². The van der Waals surface area contributed by atoms with Crippen molar-refractivity contribution in [3.8, 4) is 11.5 Å². The number of epoxide rings is 1. The van der Waals surface area contributed by atoms with Crippen molar-refractivity contribution in [2.24, 2.45) is 0 Å². The molecule has 5 rings (SSSR count). The minimum absolute atomic E-state index is 0.0205. The normalized spacial score (nSPS) is 32.3. The molecular weight excluding hydrogens is 262 g/mol. The molecule has 20 heavy (non-hydrogen) atoms. The molecule has 2 fully saturated rings. The molecule has 0 N–H and O–H groups in total. The Morgan fingerprint density at radius 2 is 1.85 bits per heavy atom. The Morgan fingerprint density at radius 1 is 1.20 bits per heavy atom. The van der Waals surface area contributed by atoms with E-state index in [1.165, 1.54) is 13.2 Å². The third-order valence-corrected chi connectivity index (χ3v) is 4.81. The molecule has 4 atom stereocenters. The lowest BCUT2D eigenvalue weighted by atomic mass is 9.66. The lowest BCUT2D eigenvalue weighted by Gasteiger charge is -2.36. The largest absolute Gasteiger partial charge is 0.496 e. The molecule has 6 nitrogen and oxygen atoms in total. The number of nitro groups is 1. The Labute approximate surface area is 115 Å². The fraction of sp³-hybridized carbons (Fsp3) is 0.571. The highest BCUT2D eigenvalue weighted by Crippen LogP contribution is 2.63. The fourth-order valence-electron chi connectivity index (χ4n) is 4.02. The summed E-state index contributed by atoms with van der Waals surface area (Å²) in [6.45, 7) is 0. The maximum Gasteiger partial charge on any atom is 0.314 e. The van der Waals surface area contributed by atoms with Gasteiger partial charge in [0.05, 0.1) is 37.4 Å². The third kappa shape index (κ3) is 1.32. The van der Waals surface area contributed by atoms with E-state index in [4.69, 9.17) is 14.2 Å². The number of hydrogen-bond acceptors (Lipinski definition) is 5. The Morgan fingerprint density at radius 3 is 2.40 bits per heavy atom.